The van der Waals surface area contributed by atoms with Crippen molar-refractivity contribution in [2.45, 2.75) is 38.6 Å². The van der Waals surface area contributed by atoms with Gasteiger partial charge in [-0.05, 0) is 26.2 Å². The second kappa shape index (κ2) is 6.39. The van der Waals surface area contributed by atoms with Crippen LogP contribution in [0.25, 0.3) is 10.6 Å². The van der Waals surface area contributed by atoms with Crippen molar-refractivity contribution in [2.24, 2.45) is 0 Å². The van der Waals surface area contributed by atoms with Crippen LogP contribution in [0.5, 0.6) is 0 Å². The minimum atomic E-state index is 0.215. The third-order valence-electron chi connectivity index (χ3n) is 4.03. The summed E-state index contributed by atoms with van der Waals surface area (Å²) >= 11 is 1.61. The first-order chi connectivity index (χ1) is 10.2. The van der Waals surface area contributed by atoms with Gasteiger partial charge in [0.25, 0.3) is 0 Å². The van der Waals surface area contributed by atoms with Crippen LogP contribution in [0.1, 0.15) is 31.9 Å². The van der Waals surface area contributed by atoms with E-state index in [4.69, 9.17) is 0 Å². The third kappa shape index (κ3) is 3.32. The molecule has 3 rings (SSSR count). The van der Waals surface area contributed by atoms with Crippen molar-refractivity contribution in [3.63, 3.8) is 0 Å². The van der Waals surface area contributed by atoms with E-state index in [0.717, 1.165) is 35.7 Å². The predicted molar refractivity (Wildman–Crippen MR) is 86.3 cm³/mol. The molecule has 3 nitrogen and oxygen atoms in total. The van der Waals surface area contributed by atoms with Crippen LogP contribution in [0.2, 0.25) is 0 Å². The van der Waals surface area contributed by atoms with E-state index < -0.39 is 0 Å². The number of carbonyl (C=O) groups excluding carboxylic acids is 1. The molecule has 2 heterocycles. The molecule has 0 aliphatic carbocycles. The molecule has 0 saturated carbocycles. The molecule has 1 atom stereocenters. The van der Waals surface area contributed by atoms with Gasteiger partial charge in [0.2, 0.25) is 5.91 Å². The molecule has 1 aromatic carbocycles. The van der Waals surface area contributed by atoms with Gasteiger partial charge in [0.05, 0.1) is 12.1 Å². The van der Waals surface area contributed by atoms with Crippen LogP contribution in [0.15, 0.2) is 35.7 Å². The Balaban J connectivity index is 1.68. The second-order valence-corrected chi connectivity index (χ2v) is 6.48. The number of rotatable bonds is 3. The number of hydrogen-bond acceptors (Lipinski definition) is 3. The van der Waals surface area contributed by atoms with Crippen LogP contribution in [-0.2, 0) is 11.2 Å². The van der Waals surface area contributed by atoms with E-state index >= 15 is 0 Å². The van der Waals surface area contributed by atoms with E-state index in [1.807, 2.05) is 28.5 Å². The van der Waals surface area contributed by atoms with Crippen molar-refractivity contribution < 1.29 is 4.79 Å². The molecule has 110 valence electrons. The highest BCUT2D eigenvalue weighted by molar-refractivity contribution is 7.13. The summed E-state index contributed by atoms with van der Waals surface area (Å²) in [5.74, 6) is 0.215. The van der Waals surface area contributed by atoms with Gasteiger partial charge in [-0.2, -0.15) is 0 Å². The predicted octanol–water partition coefficient (Wildman–Crippen LogP) is 3.75. The van der Waals surface area contributed by atoms with Crippen LogP contribution in [0.4, 0.5) is 0 Å². The summed E-state index contributed by atoms with van der Waals surface area (Å²) in [6.07, 6.45) is 3.91. The number of benzene rings is 1. The zero-order valence-electron chi connectivity index (χ0n) is 12.3. The molecule has 1 aromatic heterocycles. The molecule has 1 fully saturated rings. The van der Waals surface area contributed by atoms with Crippen molar-refractivity contribution in [3.8, 4) is 10.6 Å². The fourth-order valence-corrected chi connectivity index (χ4v) is 3.65. The van der Waals surface area contributed by atoms with Gasteiger partial charge in [-0.25, -0.2) is 4.98 Å². The number of nitrogens with zero attached hydrogens (tertiary/aromatic N) is 2. The molecule has 0 spiro atoms. The molecular formula is C17H20N2OS. The van der Waals surface area contributed by atoms with E-state index in [1.165, 1.54) is 6.42 Å². The fourth-order valence-electron chi connectivity index (χ4n) is 2.83. The van der Waals surface area contributed by atoms with Crippen LogP contribution in [0, 0.1) is 0 Å². The molecular weight excluding hydrogens is 280 g/mol. The zero-order chi connectivity index (χ0) is 14.7. The molecule has 1 unspecified atom stereocenters. The Kier molecular flexibility index (Phi) is 4.34. The smallest absolute Gasteiger partial charge is 0.228 e. The number of likely N-dealkylation sites (tertiary alicyclic amines) is 1. The number of hydrogen-bond donors (Lipinski definition) is 0. The highest BCUT2D eigenvalue weighted by Gasteiger charge is 2.23. The Morgan fingerprint density at radius 2 is 2.14 bits per heavy atom. The molecule has 1 saturated heterocycles. The van der Waals surface area contributed by atoms with Gasteiger partial charge in [0, 0.05) is 23.5 Å². The summed E-state index contributed by atoms with van der Waals surface area (Å²) in [6.45, 7) is 3.04. The van der Waals surface area contributed by atoms with Crippen molar-refractivity contribution in [1.82, 2.24) is 9.88 Å². The molecule has 0 radical (unpaired) electrons. The van der Waals surface area contributed by atoms with Gasteiger partial charge < -0.3 is 4.90 Å². The summed E-state index contributed by atoms with van der Waals surface area (Å²) in [7, 11) is 0. The first kappa shape index (κ1) is 14.3. The van der Waals surface area contributed by atoms with E-state index in [0.29, 0.717) is 12.5 Å². The van der Waals surface area contributed by atoms with Crippen LogP contribution < -0.4 is 0 Å². The minimum absolute atomic E-state index is 0.215. The third-order valence-corrected chi connectivity index (χ3v) is 4.97. The number of aromatic nitrogens is 1. The molecule has 4 heteroatoms. The maximum Gasteiger partial charge on any atom is 0.228 e. The van der Waals surface area contributed by atoms with Gasteiger partial charge in [0.1, 0.15) is 5.01 Å². The lowest BCUT2D eigenvalue weighted by Crippen LogP contribution is -2.42. The van der Waals surface area contributed by atoms with E-state index in [1.54, 1.807) is 11.3 Å². The number of piperidine rings is 1. The normalized spacial score (nSPS) is 18.7. The molecule has 1 aliphatic rings. The van der Waals surface area contributed by atoms with Gasteiger partial charge in [-0.1, -0.05) is 30.3 Å². The summed E-state index contributed by atoms with van der Waals surface area (Å²) < 4.78 is 0. The highest BCUT2D eigenvalue weighted by atomic mass is 32.1. The lowest BCUT2D eigenvalue weighted by Gasteiger charge is -2.33. The number of carbonyl (C=O) groups is 1. The lowest BCUT2D eigenvalue weighted by atomic mass is 10.0. The Hall–Kier alpha value is -1.68. The van der Waals surface area contributed by atoms with Crippen molar-refractivity contribution in [2.75, 3.05) is 6.54 Å². The maximum atomic E-state index is 12.4. The van der Waals surface area contributed by atoms with E-state index in [9.17, 15) is 4.79 Å². The van der Waals surface area contributed by atoms with Gasteiger partial charge in [0.15, 0.2) is 0 Å². The monoisotopic (exact) mass is 300 g/mol. The lowest BCUT2D eigenvalue weighted by molar-refractivity contribution is -0.133. The molecule has 0 N–H and O–H groups in total. The summed E-state index contributed by atoms with van der Waals surface area (Å²) in [4.78, 5) is 19.0. The second-order valence-electron chi connectivity index (χ2n) is 5.62. The highest BCUT2D eigenvalue weighted by Crippen LogP contribution is 2.24. The summed E-state index contributed by atoms with van der Waals surface area (Å²) in [6, 6.07) is 10.5. The van der Waals surface area contributed by atoms with E-state index in [-0.39, 0.29) is 5.91 Å². The number of amides is 1. The zero-order valence-corrected chi connectivity index (χ0v) is 13.1. The first-order valence-electron chi connectivity index (χ1n) is 7.53. The van der Waals surface area contributed by atoms with Crippen molar-refractivity contribution >= 4 is 17.2 Å². The molecule has 2 aromatic rings. The number of thiazole rings is 1. The van der Waals surface area contributed by atoms with Gasteiger partial charge >= 0.3 is 0 Å². The fraction of sp³-hybridized carbons (Fsp3) is 0.412. The first-order valence-corrected chi connectivity index (χ1v) is 8.41. The molecule has 21 heavy (non-hydrogen) atoms. The molecule has 1 amide bonds. The Labute approximate surface area is 129 Å². The summed E-state index contributed by atoms with van der Waals surface area (Å²) in [5, 5.41) is 3.00. The average Bonchev–Trinajstić information content (AvgIpc) is 2.97. The Morgan fingerprint density at radius 3 is 2.90 bits per heavy atom. The Morgan fingerprint density at radius 1 is 1.33 bits per heavy atom. The standard InChI is InChI=1S/C17H20N2OS/c1-13-7-5-6-10-19(13)16(20)11-15-12-21-17(18-15)14-8-3-2-4-9-14/h2-4,8-9,12-13H,5-7,10-11H2,1H3. The summed E-state index contributed by atoms with van der Waals surface area (Å²) in [5.41, 5.74) is 2.01. The van der Waals surface area contributed by atoms with Crippen LogP contribution in [0.3, 0.4) is 0 Å². The molecule has 0 bridgehead atoms. The van der Waals surface area contributed by atoms with Gasteiger partial charge in [-0.15, -0.1) is 11.3 Å². The minimum Gasteiger partial charge on any atom is -0.340 e. The molecule has 1 aliphatic heterocycles. The van der Waals surface area contributed by atoms with Crippen molar-refractivity contribution in [3.05, 3.63) is 41.4 Å². The Bertz CT molecular complexity index is 608. The van der Waals surface area contributed by atoms with Crippen molar-refractivity contribution in [1.29, 1.82) is 0 Å². The quantitative estimate of drug-likeness (QED) is 0.865. The average molecular weight is 300 g/mol. The maximum absolute atomic E-state index is 12.4. The van der Waals surface area contributed by atoms with Crippen LogP contribution >= 0.6 is 11.3 Å². The van der Waals surface area contributed by atoms with E-state index in [2.05, 4.69) is 24.0 Å². The van der Waals surface area contributed by atoms with Crippen LogP contribution in [-0.4, -0.2) is 28.4 Å². The largest absolute Gasteiger partial charge is 0.340 e. The SMILES string of the molecule is CC1CCCCN1C(=O)Cc1csc(-c2ccccc2)n1. The topological polar surface area (TPSA) is 33.2 Å². The van der Waals surface area contributed by atoms with Gasteiger partial charge in [-0.3, -0.25) is 4.79 Å².